The third-order valence-corrected chi connectivity index (χ3v) is 5.48. The number of piperidine rings is 1. The second-order valence-corrected chi connectivity index (χ2v) is 7.31. The zero-order valence-corrected chi connectivity index (χ0v) is 16.6. The van der Waals surface area contributed by atoms with Crippen LogP contribution in [0.2, 0.25) is 0 Å². The number of nitrogens with one attached hydrogen (secondary N) is 1. The molecule has 0 bridgehead atoms. The van der Waals surface area contributed by atoms with Crippen LogP contribution in [-0.4, -0.2) is 40.7 Å². The largest absolute Gasteiger partial charge is 0.497 e. The smallest absolute Gasteiger partial charge is 0.321 e. The van der Waals surface area contributed by atoms with Gasteiger partial charge in [0.2, 0.25) is 0 Å². The molecule has 7 nitrogen and oxygen atoms in total. The number of anilines is 1. The lowest BCUT2D eigenvalue weighted by molar-refractivity contribution is 0.182. The molecule has 1 N–H and O–H groups in total. The van der Waals surface area contributed by atoms with Gasteiger partial charge in [0, 0.05) is 30.9 Å². The number of aryl methyl sites for hydroxylation is 1. The van der Waals surface area contributed by atoms with Crippen LogP contribution in [0.5, 0.6) is 5.75 Å². The number of amides is 2. The molecule has 1 aromatic heterocycles. The number of rotatable bonds is 3. The molecular weight excluding hydrogens is 368 g/mol. The minimum Gasteiger partial charge on any atom is -0.497 e. The van der Waals surface area contributed by atoms with Gasteiger partial charge in [0.25, 0.3) is 5.56 Å². The highest BCUT2D eigenvalue weighted by molar-refractivity contribution is 5.89. The molecule has 7 heteroatoms. The second kappa shape index (κ2) is 7.95. The first kappa shape index (κ1) is 19.0. The first-order valence-electron chi connectivity index (χ1n) is 9.73. The van der Waals surface area contributed by atoms with Crippen molar-refractivity contribution in [2.75, 3.05) is 25.5 Å². The van der Waals surface area contributed by atoms with E-state index in [1.54, 1.807) is 29.0 Å². The Kier molecular flexibility index (Phi) is 5.20. The van der Waals surface area contributed by atoms with E-state index in [1.807, 2.05) is 43.3 Å². The van der Waals surface area contributed by atoms with Gasteiger partial charge < -0.3 is 15.0 Å². The van der Waals surface area contributed by atoms with E-state index >= 15 is 0 Å². The number of benzene rings is 2. The summed E-state index contributed by atoms with van der Waals surface area (Å²) < 4.78 is 6.91. The molecule has 0 unspecified atom stereocenters. The molecule has 0 aliphatic carbocycles. The number of carbonyl (C=O) groups excluding carboxylic acids is 1. The van der Waals surface area contributed by atoms with Crippen molar-refractivity contribution in [3.63, 3.8) is 0 Å². The molecule has 0 radical (unpaired) electrons. The van der Waals surface area contributed by atoms with Crippen molar-refractivity contribution < 1.29 is 9.53 Å². The van der Waals surface area contributed by atoms with Crippen LogP contribution >= 0.6 is 0 Å². The van der Waals surface area contributed by atoms with E-state index in [0.717, 1.165) is 11.1 Å². The van der Waals surface area contributed by atoms with Crippen LogP contribution in [-0.2, 0) is 0 Å². The van der Waals surface area contributed by atoms with Gasteiger partial charge in [-0.25, -0.2) is 9.78 Å². The minimum absolute atomic E-state index is 0.0158. The number of urea groups is 1. The number of likely N-dealkylation sites (tertiary alicyclic amines) is 1. The molecule has 1 saturated heterocycles. The summed E-state index contributed by atoms with van der Waals surface area (Å²) in [5, 5.41) is 3.55. The average Bonchev–Trinajstić information content (AvgIpc) is 2.75. The van der Waals surface area contributed by atoms with E-state index in [-0.39, 0.29) is 17.6 Å². The molecule has 2 amide bonds. The Morgan fingerprint density at radius 1 is 1.17 bits per heavy atom. The molecule has 150 valence electrons. The number of ether oxygens (including phenoxy) is 1. The number of nitrogens with zero attached hydrogens (tertiary/aromatic N) is 3. The van der Waals surface area contributed by atoms with E-state index in [1.165, 1.54) is 0 Å². The summed E-state index contributed by atoms with van der Waals surface area (Å²) in [7, 11) is 1.59. The van der Waals surface area contributed by atoms with E-state index in [9.17, 15) is 9.59 Å². The molecule has 1 aliphatic rings. The standard InChI is InChI=1S/C22H24N4O3/c1-15-5-3-8-19-20(15)23-14-26(21(19)27)17-9-11-25(12-10-17)22(28)24-16-6-4-7-18(13-16)29-2/h3-8,13-14,17H,9-12H2,1-2H3,(H,24,28). The molecule has 1 aliphatic heterocycles. The molecule has 29 heavy (non-hydrogen) atoms. The van der Waals surface area contributed by atoms with Gasteiger partial charge in [0.05, 0.1) is 24.3 Å². The number of carbonyl (C=O) groups is 1. The van der Waals surface area contributed by atoms with Crippen LogP contribution in [0.15, 0.2) is 53.6 Å². The first-order valence-corrected chi connectivity index (χ1v) is 9.73. The molecule has 0 saturated carbocycles. The van der Waals surface area contributed by atoms with Gasteiger partial charge >= 0.3 is 6.03 Å². The highest BCUT2D eigenvalue weighted by Crippen LogP contribution is 2.23. The summed E-state index contributed by atoms with van der Waals surface area (Å²) >= 11 is 0. The Bertz CT molecular complexity index is 1100. The first-order chi connectivity index (χ1) is 14.1. The number of hydrogen-bond acceptors (Lipinski definition) is 4. The summed E-state index contributed by atoms with van der Waals surface area (Å²) in [5.41, 5.74) is 2.43. The van der Waals surface area contributed by atoms with E-state index in [2.05, 4.69) is 10.3 Å². The van der Waals surface area contributed by atoms with Crippen LogP contribution in [0.1, 0.15) is 24.4 Å². The second-order valence-electron chi connectivity index (χ2n) is 7.31. The summed E-state index contributed by atoms with van der Waals surface area (Å²) in [6.07, 6.45) is 3.07. The fourth-order valence-electron chi connectivity index (χ4n) is 3.82. The number of para-hydroxylation sites is 1. The predicted octanol–water partition coefficient (Wildman–Crippen LogP) is 3.58. The Morgan fingerprint density at radius 3 is 2.69 bits per heavy atom. The Morgan fingerprint density at radius 2 is 1.93 bits per heavy atom. The van der Waals surface area contributed by atoms with Crippen LogP contribution < -0.4 is 15.6 Å². The molecule has 1 fully saturated rings. The molecule has 4 rings (SSSR count). The van der Waals surface area contributed by atoms with Crippen LogP contribution in [0.3, 0.4) is 0 Å². The molecular formula is C22H24N4O3. The van der Waals surface area contributed by atoms with Crippen molar-refractivity contribution in [3.8, 4) is 5.75 Å². The van der Waals surface area contributed by atoms with E-state index in [4.69, 9.17) is 4.74 Å². The van der Waals surface area contributed by atoms with Gasteiger partial charge in [0.15, 0.2) is 0 Å². The molecule has 3 aromatic rings. The number of aromatic nitrogens is 2. The monoisotopic (exact) mass is 392 g/mol. The highest BCUT2D eigenvalue weighted by Gasteiger charge is 2.25. The SMILES string of the molecule is COc1cccc(NC(=O)N2CCC(n3cnc4c(C)cccc4c3=O)CC2)c1. The van der Waals surface area contributed by atoms with E-state index < -0.39 is 0 Å². The molecule has 2 aromatic carbocycles. The summed E-state index contributed by atoms with van der Waals surface area (Å²) in [4.78, 5) is 31.8. The predicted molar refractivity (Wildman–Crippen MR) is 113 cm³/mol. The number of hydrogen-bond donors (Lipinski definition) is 1. The Balaban J connectivity index is 1.44. The van der Waals surface area contributed by atoms with Gasteiger partial charge in [-0.15, -0.1) is 0 Å². The van der Waals surface area contributed by atoms with Gasteiger partial charge in [-0.1, -0.05) is 18.2 Å². The maximum Gasteiger partial charge on any atom is 0.321 e. The van der Waals surface area contributed by atoms with Crippen molar-refractivity contribution in [2.45, 2.75) is 25.8 Å². The van der Waals surface area contributed by atoms with Crippen LogP contribution in [0.4, 0.5) is 10.5 Å². The van der Waals surface area contributed by atoms with Crippen molar-refractivity contribution in [2.24, 2.45) is 0 Å². The lowest BCUT2D eigenvalue weighted by atomic mass is 10.0. The summed E-state index contributed by atoms with van der Waals surface area (Å²) in [6.45, 7) is 3.12. The third kappa shape index (κ3) is 3.81. The normalized spacial score (nSPS) is 14.8. The summed E-state index contributed by atoms with van der Waals surface area (Å²) in [6, 6.07) is 12.8. The molecule has 0 spiro atoms. The van der Waals surface area contributed by atoms with Crippen molar-refractivity contribution in [1.29, 1.82) is 0 Å². The number of fused-ring (bicyclic) bond motifs is 1. The lowest BCUT2D eigenvalue weighted by Crippen LogP contribution is -2.42. The zero-order chi connectivity index (χ0) is 20.4. The third-order valence-electron chi connectivity index (χ3n) is 5.48. The van der Waals surface area contributed by atoms with Crippen molar-refractivity contribution in [3.05, 3.63) is 64.7 Å². The molecule has 0 atom stereocenters. The Hall–Kier alpha value is -3.35. The fraction of sp³-hybridized carbons (Fsp3) is 0.318. The van der Waals surface area contributed by atoms with Crippen LogP contribution in [0.25, 0.3) is 10.9 Å². The highest BCUT2D eigenvalue weighted by atomic mass is 16.5. The number of methoxy groups -OCH3 is 1. The molecule has 2 heterocycles. The summed E-state index contributed by atoms with van der Waals surface area (Å²) in [5.74, 6) is 0.694. The fourth-order valence-corrected chi connectivity index (χ4v) is 3.82. The lowest BCUT2D eigenvalue weighted by Gasteiger charge is -2.32. The average molecular weight is 392 g/mol. The topological polar surface area (TPSA) is 76.5 Å². The quantitative estimate of drug-likeness (QED) is 0.739. The van der Waals surface area contributed by atoms with Crippen molar-refractivity contribution >= 4 is 22.6 Å². The van der Waals surface area contributed by atoms with Crippen LogP contribution in [0, 0.1) is 6.92 Å². The maximum atomic E-state index is 12.9. The van der Waals surface area contributed by atoms with E-state index in [0.29, 0.717) is 42.8 Å². The van der Waals surface area contributed by atoms with Gasteiger partial charge in [-0.3, -0.25) is 9.36 Å². The Labute approximate surface area is 168 Å². The minimum atomic E-state index is -0.142. The maximum absolute atomic E-state index is 12.9. The van der Waals surface area contributed by atoms with Gasteiger partial charge in [0.1, 0.15) is 5.75 Å². The zero-order valence-electron chi connectivity index (χ0n) is 16.6. The van der Waals surface area contributed by atoms with Gasteiger partial charge in [-0.05, 0) is 43.5 Å². The van der Waals surface area contributed by atoms with Crippen molar-refractivity contribution in [1.82, 2.24) is 14.5 Å². The van der Waals surface area contributed by atoms with Gasteiger partial charge in [-0.2, -0.15) is 0 Å².